The Hall–Kier alpha value is -2.95. The molecule has 3 aliphatic rings. The maximum Gasteiger partial charge on any atom is 0.254 e. The second-order valence-corrected chi connectivity index (χ2v) is 6.87. The Balaban J connectivity index is 1.43. The molecule has 2 aliphatic carbocycles. The predicted octanol–water partition coefficient (Wildman–Crippen LogP) is 2.62. The van der Waals surface area contributed by atoms with Crippen LogP contribution in [-0.2, 0) is 9.59 Å². The van der Waals surface area contributed by atoms with Crippen molar-refractivity contribution in [3.05, 3.63) is 66.5 Å². The van der Waals surface area contributed by atoms with Crippen molar-refractivity contribution in [2.24, 2.45) is 28.8 Å². The van der Waals surface area contributed by atoms with Gasteiger partial charge in [0.2, 0.25) is 0 Å². The van der Waals surface area contributed by atoms with Gasteiger partial charge in [-0.15, -0.1) is 0 Å². The summed E-state index contributed by atoms with van der Waals surface area (Å²) in [5.41, 5.74) is 1.83. The van der Waals surface area contributed by atoms with Crippen LogP contribution in [0.15, 0.2) is 65.9 Å². The minimum absolute atomic E-state index is 0.152. The number of allylic oxidation sites excluding steroid dienone is 2. The molecular formula is C20H17N3O2. The first-order valence-electron chi connectivity index (χ1n) is 8.57. The molecule has 2 amide bonds. The average molecular weight is 331 g/mol. The second kappa shape index (κ2) is 5.28. The summed E-state index contributed by atoms with van der Waals surface area (Å²) in [6.45, 7) is 0. The van der Waals surface area contributed by atoms with Crippen LogP contribution in [0.4, 0.5) is 0 Å². The van der Waals surface area contributed by atoms with Crippen molar-refractivity contribution in [2.75, 3.05) is 0 Å². The van der Waals surface area contributed by atoms with Crippen LogP contribution in [0, 0.1) is 23.7 Å². The molecule has 0 radical (unpaired) electrons. The van der Waals surface area contributed by atoms with Crippen LogP contribution in [0.2, 0.25) is 0 Å². The molecule has 0 unspecified atom stereocenters. The highest BCUT2D eigenvalue weighted by molar-refractivity contribution is 6.06. The van der Waals surface area contributed by atoms with Gasteiger partial charge < -0.3 is 4.57 Å². The van der Waals surface area contributed by atoms with E-state index in [0.717, 1.165) is 22.8 Å². The number of amides is 2. The van der Waals surface area contributed by atoms with E-state index in [2.05, 4.69) is 17.3 Å². The Morgan fingerprint density at radius 1 is 0.920 bits per heavy atom. The van der Waals surface area contributed by atoms with E-state index in [0.29, 0.717) is 0 Å². The van der Waals surface area contributed by atoms with Gasteiger partial charge >= 0.3 is 0 Å². The van der Waals surface area contributed by atoms with Crippen LogP contribution in [0.1, 0.15) is 12.1 Å². The van der Waals surface area contributed by atoms with Gasteiger partial charge in [0, 0.05) is 11.9 Å². The third-order valence-corrected chi connectivity index (χ3v) is 5.57. The van der Waals surface area contributed by atoms with Gasteiger partial charge in [-0.1, -0.05) is 30.4 Å². The molecule has 124 valence electrons. The summed E-state index contributed by atoms with van der Waals surface area (Å²) in [5, 5.41) is 5.34. The number of hydrazone groups is 1. The molecule has 1 aromatic carbocycles. The highest BCUT2D eigenvalue weighted by Crippen LogP contribution is 2.52. The fourth-order valence-electron chi connectivity index (χ4n) is 4.44. The number of hydrogen-bond acceptors (Lipinski definition) is 3. The maximum absolute atomic E-state index is 12.7. The fourth-order valence-corrected chi connectivity index (χ4v) is 4.44. The number of carbonyl (C=O) groups is 2. The molecule has 5 nitrogen and oxygen atoms in total. The number of fused-ring (bicyclic) bond motifs is 5. The number of hydrogen-bond donors (Lipinski definition) is 0. The normalized spacial score (nSPS) is 30.0. The highest BCUT2D eigenvalue weighted by atomic mass is 16.2. The summed E-state index contributed by atoms with van der Waals surface area (Å²) >= 11 is 0. The molecule has 5 heteroatoms. The van der Waals surface area contributed by atoms with Gasteiger partial charge in [0.05, 0.1) is 23.7 Å². The maximum atomic E-state index is 12.7. The average Bonchev–Trinajstić information content (AvgIpc) is 3.39. The van der Waals surface area contributed by atoms with Crippen LogP contribution in [0.25, 0.3) is 5.69 Å². The van der Waals surface area contributed by atoms with E-state index in [1.165, 1.54) is 0 Å². The quantitative estimate of drug-likeness (QED) is 0.493. The molecule has 2 fully saturated rings. The Morgan fingerprint density at radius 2 is 1.60 bits per heavy atom. The third kappa shape index (κ3) is 2.05. The first kappa shape index (κ1) is 14.4. The highest BCUT2D eigenvalue weighted by Gasteiger charge is 2.59. The molecular weight excluding hydrogens is 314 g/mol. The molecule has 1 aliphatic heterocycles. The van der Waals surface area contributed by atoms with Gasteiger partial charge in [-0.2, -0.15) is 10.1 Å². The Bertz CT molecular complexity index is 882. The summed E-state index contributed by atoms with van der Waals surface area (Å²) in [4.78, 5) is 25.3. The van der Waals surface area contributed by atoms with Crippen molar-refractivity contribution in [1.82, 2.24) is 9.58 Å². The number of para-hydroxylation sites is 1. The number of benzene rings is 1. The number of rotatable bonds is 3. The van der Waals surface area contributed by atoms with Gasteiger partial charge in [-0.05, 0) is 42.5 Å². The molecule has 4 atom stereocenters. The molecule has 0 spiro atoms. The summed E-state index contributed by atoms with van der Waals surface area (Å²) in [6.07, 6.45) is 8.64. The van der Waals surface area contributed by atoms with Crippen LogP contribution >= 0.6 is 0 Å². The van der Waals surface area contributed by atoms with Crippen molar-refractivity contribution in [3.8, 4) is 5.69 Å². The summed E-state index contributed by atoms with van der Waals surface area (Å²) in [7, 11) is 0. The Kier molecular flexibility index (Phi) is 3.04. The monoisotopic (exact) mass is 331 g/mol. The molecule has 2 aromatic rings. The summed E-state index contributed by atoms with van der Waals surface area (Å²) in [6, 6.07) is 13.7. The van der Waals surface area contributed by atoms with E-state index in [-0.39, 0.29) is 35.5 Å². The largest absolute Gasteiger partial charge is 0.316 e. The van der Waals surface area contributed by atoms with Gasteiger partial charge in [0.25, 0.3) is 11.8 Å². The smallest absolute Gasteiger partial charge is 0.254 e. The lowest BCUT2D eigenvalue weighted by atomic mass is 9.85. The van der Waals surface area contributed by atoms with E-state index >= 15 is 0 Å². The van der Waals surface area contributed by atoms with Crippen LogP contribution < -0.4 is 0 Å². The van der Waals surface area contributed by atoms with E-state index in [1.807, 2.05) is 53.2 Å². The molecule has 1 saturated heterocycles. The zero-order chi connectivity index (χ0) is 17.0. The first-order chi connectivity index (χ1) is 12.2. The van der Waals surface area contributed by atoms with E-state index in [4.69, 9.17) is 0 Å². The van der Waals surface area contributed by atoms with Crippen LogP contribution in [0.3, 0.4) is 0 Å². The lowest BCUT2D eigenvalue weighted by Gasteiger charge is -2.13. The summed E-state index contributed by atoms with van der Waals surface area (Å²) in [5.74, 6) is -0.303. The van der Waals surface area contributed by atoms with Crippen molar-refractivity contribution in [2.45, 2.75) is 6.42 Å². The van der Waals surface area contributed by atoms with Gasteiger partial charge in [0.15, 0.2) is 0 Å². The number of carbonyl (C=O) groups excluding carboxylic acids is 2. The van der Waals surface area contributed by atoms with Gasteiger partial charge in [0.1, 0.15) is 0 Å². The third-order valence-electron chi connectivity index (χ3n) is 5.57. The molecule has 5 rings (SSSR count). The van der Waals surface area contributed by atoms with Gasteiger partial charge in [-0.25, -0.2) is 0 Å². The molecule has 0 N–H and O–H groups in total. The fraction of sp³-hybridized carbons (Fsp3) is 0.250. The van der Waals surface area contributed by atoms with Crippen molar-refractivity contribution in [1.29, 1.82) is 0 Å². The topological polar surface area (TPSA) is 54.7 Å². The summed E-state index contributed by atoms with van der Waals surface area (Å²) < 4.78 is 1.97. The van der Waals surface area contributed by atoms with Crippen molar-refractivity contribution < 1.29 is 9.59 Å². The van der Waals surface area contributed by atoms with E-state index in [9.17, 15) is 9.59 Å². The molecule has 2 heterocycles. The lowest BCUT2D eigenvalue weighted by molar-refractivity contribution is -0.140. The second-order valence-electron chi connectivity index (χ2n) is 6.87. The lowest BCUT2D eigenvalue weighted by Crippen LogP contribution is -2.28. The number of nitrogens with zero attached hydrogens (tertiary/aromatic N) is 3. The number of imide groups is 1. The molecule has 25 heavy (non-hydrogen) atoms. The molecule has 1 aromatic heterocycles. The first-order valence-corrected chi connectivity index (χ1v) is 8.57. The standard InChI is InChI=1S/C20H17N3O2/c24-19-17-13-8-9-14(11-13)18(17)20(25)23(19)21-12-16-7-4-10-22(16)15-5-2-1-3-6-15/h1-10,12-14,17-18H,11H2/t13-,14-,17-,18+/m0/s1. The minimum atomic E-state index is -0.208. The van der Waals surface area contributed by atoms with Crippen LogP contribution in [-0.4, -0.2) is 27.6 Å². The zero-order valence-corrected chi connectivity index (χ0v) is 13.5. The van der Waals surface area contributed by atoms with Gasteiger partial charge in [-0.3, -0.25) is 9.59 Å². The predicted molar refractivity (Wildman–Crippen MR) is 92.9 cm³/mol. The Labute approximate surface area is 145 Å². The van der Waals surface area contributed by atoms with E-state index < -0.39 is 0 Å². The van der Waals surface area contributed by atoms with E-state index in [1.54, 1.807) is 6.21 Å². The number of aromatic nitrogens is 1. The van der Waals surface area contributed by atoms with Crippen LogP contribution in [0.5, 0.6) is 0 Å². The SMILES string of the molecule is O=C1[C@@H]2[C@H](C(=O)N1N=Cc1cccn1-c1ccccc1)[C@H]1C=C[C@H]2C1. The minimum Gasteiger partial charge on any atom is -0.316 e. The van der Waals surface area contributed by atoms with Crippen molar-refractivity contribution in [3.63, 3.8) is 0 Å². The van der Waals surface area contributed by atoms with Crippen molar-refractivity contribution >= 4 is 18.0 Å². The molecule has 1 saturated carbocycles. The molecule has 2 bridgehead atoms. The Morgan fingerprint density at radius 3 is 2.28 bits per heavy atom. The zero-order valence-electron chi connectivity index (χ0n) is 13.5.